The molecule has 7 heteroatoms. The summed E-state index contributed by atoms with van der Waals surface area (Å²) in [5, 5.41) is 4.94. The van der Waals surface area contributed by atoms with Crippen LogP contribution < -0.4 is 10.6 Å². The van der Waals surface area contributed by atoms with Crippen LogP contribution in [0.4, 0.5) is 4.79 Å². The van der Waals surface area contributed by atoms with Crippen molar-refractivity contribution in [2.24, 2.45) is 0 Å². The van der Waals surface area contributed by atoms with E-state index in [1.165, 1.54) is 0 Å². The number of amides is 4. The van der Waals surface area contributed by atoms with E-state index >= 15 is 0 Å². The van der Waals surface area contributed by atoms with Gasteiger partial charge >= 0.3 is 6.03 Å². The third-order valence-corrected chi connectivity index (χ3v) is 5.49. The highest BCUT2D eigenvalue weighted by Gasteiger charge is 2.52. The van der Waals surface area contributed by atoms with E-state index in [0.29, 0.717) is 10.9 Å². The van der Waals surface area contributed by atoms with Gasteiger partial charge in [-0.2, -0.15) is 0 Å². The number of benzene rings is 1. The molecule has 1 aliphatic heterocycles. The Balaban J connectivity index is 2.51. The molecule has 0 spiro atoms. The number of urea groups is 1. The topological polar surface area (TPSA) is 75.3 Å². The second-order valence-electron chi connectivity index (χ2n) is 4.46. The number of carbonyl (C=O) groups is 3. The summed E-state index contributed by atoms with van der Waals surface area (Å²) in [6.45, 7) is 0. The highest BCUT2D eigenvalue weighted by Crippen LogP contribution is 2.34. The fraction of sp³-hybridized carbons (Fsp3) is 0.308. The highest BCUT2D eigenvalue weighted by molar-refractivity contribution is 9.12. The molecule has 106 valence electrons. The van der Waals surface area contributed by atoms with Gasteiger partial charge in [0.2, 0.25) is 11.8 Å². The molecule has 0 aliphatic carbocycles. The Morgan fingerprint density at radius 3 is 2.10 bits per heavy atom. The molecule has 0 aromatic heterocycles. The van der Waals surface area contributed by atoms with Crippen LogP contribution in [-0.4, -0.2) is 28.0 Å². The van der Waals surface area contributed by atoms with Crippen molar-refractivity contribution < 1.29 is 14.4 Å². The van der Waals surface area contributed by atoms with Crippen molar-refractivity contribution in [2.45, 2.75) is 16.7 Å². The number of hydrogen-bond acceptors (Lipinski definition) is 3. The van der Waals surface area contributed by atoms with Crippen LogP contribution in [0.1, 0.15) is 12.0 Å². The number of barbiturate groups is 1. The van der Waals surface area contributed by atoms with Gasteiger partial charge in [0.05, 0.1) is 0 Å². The van der Waals surface area contributed by atoms with Gasteiger partial charge in [0.15, 0.2) is 5.41 Å². The SMILES string of the molecule is O=C1NC(=O)C(CC(Br)CBr)(c2ccccc2)C(=O)N1. The molecule has 4 amide bonds. The molecule has 5 nitrogen and oxygen atoms in total. The number of alkyl halides is 2. The predicted molar refractivity (Wildman–Crippen MR) is 80.9 cm³/mol. The van der Waals surface area contributed by atoms with Crippen LogP contribution in [0.15, 0.2) is 30.3 Å². The van der Waals surface area contributed by atoms with E-state index in [2.05, 4.69) is 42.5 Å². The molecule has 0 saturated carbocycles. The monoisotopic (exact) mass is 402 g/mol. The van der Waals surface area contributed by atoms with E-state index in [4.69, 9.17) is 0 Å². The molecule has 1 aromatic rings. The van der Waals surface area contributed by atoms with Crippen LogP contribution in [0.5, 0.6) is 0 Å². The molecule has 2 rings (SSSR count). The number of carbonyl (C=O) groups excluding carboxylic acids is 3. The molecule has 1 fully saturated rings. The maximum atomic E-state index is 12.4. The standard InChI is InChI=1S/C13H12Br2N2O3/c14-7-9(15)6-13(8-4-2-1-3-5-8)10(18)16-12(20)17-11(13)19/h1-5,9H,6-7H2,(H2,16,17,18,19,20). The number of halogens is 2. The number of nitrogens with one attached hydrogen (secondary N) is 2. The normalized spacial score (nSPS) is 19.2. The lowest BCUT2D eigenvalue weighted by atomic mass is 9.74. The van der Waals surface area contributed by atoms with E-state index in [1.807, 2.05) is 0 Å². The fourth-order valence-electron chi connectivity index (χ4n) is 2.23. The van der Waals surface area contributed by atoms with Gasteiger partial charge in [-0.25, -0.2) is 4.79 Å². The Kier molecular flexibility index (Phi) is 4.59. The minimum atomic E-state index is -1.41. The number of rotatable bonds is 4. The van der Waals surface area contributed by atoms with E-state index in [0.717, 1.165) is 0 Å². The summed E-state index contributed by atoms with van der Waals surface area (Å²) < 4.78 is 0. The van der Waals surface area contributed by atoms with Gasteiger partial charge in [-0.05, 0) is 12.0 Å². The van der Waals surface area contributed by atoms with Crippen LogP contribution in [0.2, 0.25) is 0 Å². The summed E-state index contributed by atoms with van der Waals surface area (Å²) in [4.78, 5) is 35.9. The average molecular weight is 404 g/mol. The molecular weight excluding hydrogens is 392 g/mol. The summed E-state index contributed by atoms with van der Waals surface area (Å²) >= 11 is 6.74. The second-order valence-corrected chi connectivity index (χ2v) is 6.41. The molecule has 0 bridgehead atoms. The van der Waals surface area contributed by atoms with E-state index in [1.54, 1.807) is 30.3 Å². The van der Waals surface area contributed by atoms with E-state index in [-0.39, 0.29) is 11.2 Å². The molecule has 20 heavy (non-hydrogen) atoms. The largest absolute Gasteiger partial charge is 0.328 e. The Morgan fingerprint density at radius 2 is 1.60 bits per heavy atom. The van der Waals surface area contributed by atoms with Crippen molar-refractivity contribution in [3.8, 4) is 0 Å². The van der Waals surface area contributed by atoms with Crippen molar-refractivity contribution in [1.29, 1.82) is 0 Å². The van der Waals surface area contributed by atoms with Gasteiger partial charge in [0, 0.05) is 10.2 Å². The third-order valence-electron chi connectivity index (χ3n) is 3.19. The quantitative estimate of drug-likeness (QED) is 0.594. The first kappa shape index (κ1) is 15.2. The van der Waals surface area contributed by atoms with Crippen LogP contribution in [0.3, 0.4) is 0 Å². The van der Waals surface area contributed by atoms with Crippen LogP contribution in [0, 0.1) is 0 Å². The molecule has 1 aliphatic rings. The van der Waals surface area contributed by atoms with Gasteiger partial charge in [-0.15, -0.1) is 0 Å². The first-order valence-corrected chi connectivity index (χ1v) is 7.97. The first-order chi connectivity index (χ1) is 9.50. The predicted octanol–water partition coefficient (Wildman–Crippen LogP) is 1.84. The van der Waals surface area contributed by atoms with Crippen LogP contribution >= 0.6 is 31.9 Å². The van der Waals surface area contributed by atoms with Gasteiger partial charge < -0.3 is 0 Å². The summed E-state index contributed by atoms with van der Waals surface area (Å²) in [5.41, 5.74) is -0.843. The lowest BCUT2D eigenvalue weighted by molar-refractivity contribution is -0.138. The Morgan fingerprint density at radius 1 is 1.05 bits per heavy atom. The van der Waals surface area contributed by atoms with Gasteiger partial charge in [-0.3, -0.25) is 20.2 Å². The minimum absolute atomic E-state index is 0.0904. The summed E-state index contributed by atoms with van der Waals surface area (Å²) in [6, 6.07) is 7.95. The summed E-state index contributed by atoms with van der Waals surface area (Å²) in [7, 11) is 0. The van der Waals surface area contributed by atoms with Crippen LogP contribution in [-0.2, 0) is 15.0 Å². The zero-order valence-corrected chi connectivity index (χ0v) is 13.5. The van der Waals surface area contributed by atoms with Gasteiger partial charge in [0.1, 0.15) is 0 Å². The maximum Gasteiger partial charge on any atom is 0.328 e. The number of imide groups is 2. The zero-order chi connectivity index (χ0) is 14.8. The fourth-order valence-corrected chi connectivity index (χ4v) is 2.94. The van der Waals surface area contributed by atoms with Crippen molar-refractivity contribution in [2.75, 3.05) is 5.33 Å². The minimum Gasteiger partial charge on any atom is -0.277 e. The van der Waals surface area contributed by atoms with Gasteiger partial charge in [-0.1, -0.05) is 62.2 Å². The second kappa shape index (κ2) is 6.05. The zero-order valence-electron chi connectivity index (χ0n) is 10.4. The van der Waals surface area contributed by atoms with Crippen molar-refractivity contribution in [1.82, 2.24) is 10.6 Å². The Bertz CT molecular complexity index is 528. The van der Waals surface area contributed by atoms with Gasteiger partial charge in [0.25, 0.3) is 0 Å². The molecule has 2 N–H and O–H groups in total. The molecule has 1 heterocycles. The van der Waals surface area contributed by atoms with E-state index in [9.17, 15) is 14.4 Å². The lowest BCUT2D eigenvalue weighted by Gasteiger charge is -2.35. The van der Waals surface area contributed by atoms with Crippen molar-refractivity contribution >= 4 is 49.7 Å². The lowest BCUT2D eigenvalue weighted by Crippen LogP contribution is -2.65. The highest BCUT2D eigenvalue weighted by atomic mass is 79.9. The molecule has 0 radical (unpaired) electrons. The Labute approximate surface area is 132 Å². The van der Waals surface area contributed by atoms with E-state index < -0.39 is 23.3 Å². The Hall–Kier alpha value is -1.21. The maximum absolute atomic E-state index is 12.4. The first-order valence-electron chi connectivity index (χ1n) is 5.93. The molecule has 1 atom stereocenters. The molecule has 1 unspecified atom stereocenters. The average Bonchev–Trinajstić information content (AvgIpc) is 2.43. The van der Waals surface area contributed by atoms with Crippen molar-refractivity contribution in [3.63, 3.8) is 0 Å². The molecule has 1 aromatic carbocycles. The van der Waals surface area contributed by atoms with Crippen LogP contribution in [0.25, 0.3) is 0 Å². The summed E-state index contributed by atoms with van der Waals surface area (Å²) in [6.07, 6.45) is 0.243. The smallest absolute Gasteiger partial charge is 0.277 e. The summed E-state index contributed by atoms with van der Waals surface area (Å²) in [5.74, 6) is -1.19. The third kappa shape index (κ3) is 2.64. The number of hydrogen-bond donors (Lipinski definition) is 2. The molecule has 1 saturated heterocycles. The van der Waals surface area contributed by atoms with Crippen molar-refractivity contribution in [3.05, 3.63) is 35.9 Å². The molecular formula is C13H12Br2N2O3.